The molecule has 1 amide bonds. The maximum atomic E-state index is 12.4. The number of methoxy groups -OCH3 is 3. The number of benzene rings is 1. The summed E-state index contributed by atoms with van der Waals surface area (Å²) in [4.78, 5) is 14.0. The third-order valence-electron chi connectivity index (χ3n) is 2.98. The molecule has 1 rings (SSSR count). The molecule has 0 saturated carbocycles. The van der Waals surface area contributed by atoms with Gasteiger partial charge in [0.1, 0.15) is 0 Å². The highest BCUT2D eigenvalue weighted by atomic mass is 35.5. The molecule has 6 nitrogen and oxygen atoms in total. The van der Waals surface area contributed by atoms with E-state index in [2.05, 4.69) is 5.32 Å². The number of carbonyl (C=O) groups is 1. The first kappa shape index (κ1) is 19.3. The van der Waals surface area contributed by atoms with E-state index >= 15 is 0 Å². The van der Waals surface area contributed by atoms with Crippen LogP contribution in [0.4, 0.5) is 0 Å². The fraction of sp³-hybridized carbons (Fsp3) is 0.500. The molecule has 1 aromatic rings. The van der Waals surface area contributed by atoms with Crippen LogP contribution in [0.15, 0.2) is 12.1 Å². The minimum Gasteiger partial charge on any atom is -0.493 e. The van der Waals surface area contributed by atoms with Crippen molar-refractivity contribution in [3.63, 3.8) is 0 Å². The number of carbonyl (C=O) groups excluding carboxylic acids is 1. The van der Waals surface area contributed by atoms with E-state index in [-0.39, 0.29) is 18.3 Å². The van der Waals surface area contributed by atoms with Crippen LogP contribution in [0.25, 0.3) is 0 Å². The van der Waals surface area contributed by atoms with Crippen molar-refractivity contribution in [3.8, 4) is 17.2 Å². The second kappa shape index (κ2) is 9.31. The summed E-state index contributed by atoms with van der Waals surface area (Å²) >= 11 is 0. The summed E-state index contributed by atoms with van der Waals surface area (Å²) in [6.45, 7) is 1.32. The summed E-state index contributed by atoms with van der Waals surface area (Å²) in [7, 11) is 8.14. The highest BCUT2D eigenvalue weighted by Crippen LogP contribution is 2.40. The van der Waals surface area contributed by atoms with Crippen LogP contribution in [-0.2, 0) is 0 Å². The molecule has 0 fully saturated rings. The van der Waals surface area contributed by atoms with E-state index in [1.54, 1.807) is 24.1 Å². The molecule has 0 saturated heterocycles. The molecule has 0 aliphatic heterocycles. The van der Waals surface area contributed by atoms with Gasteiger partial charge < -0.3 is 24.4 Å². The van der Waals surface area contributed by atoms with Gasteiger partial charge >= 0.3 is 0 Å². The van der Waals surface area contributed by atoms with Gasteiger partial charge in [-0.1, -0.05) is 0 Å². The summed E-state index contributed by atoms with van der Waals surface area (Å²) in [6, 6.07) is 3.37. The number of rotatable bonds is 7. The maximum Gasteiger partial charge on any atom is 0.257 e. The molecule has 1 aromatic carbocycles. The van der Waals surface area contributed by atoms with E-state index < -0.39 is 0 Å². The van der Waals surface area contributed by atoms with Crippen molar-refractivity contribution >= 4 is 18.3 Å². The number of hydrogen-bond acceptors (Lipinski definition) is 5. The normalized spacial score (nSPS) is 9.57. The number of nitrogens with zero attached hydrogens (tertiary/aromatic N) is 1. The van der Waals surface area contributed by atoms with Crippen LogP contribution in [-0.4, -0.2) is 59.3 Å². The van der Waals surface area contributed by atoms with Gasteiger partial charge in [-0.3, -0.25) is 4.79 Å². The van der Waals surface area contributed by atoms with Gasteiger partial charge in [-0.15, -0.1) is 12.4 Å². The van der Waals surface area contributed by atoms with E-state index in [0.717, 1.165) is 6.54 Å². The Morgan fingerprint density at radius 2 is 1.76 bits per heavy atom. The van der Waals surface area contributed by atoms with Gasteiger partial charge in [0.05, 0.1) is 26.9 Å². The van der Waals surface area contributed by atoms with Crippen LogP contribution in [0, 0.1) is 0 Å². The molecule has 1 N–H and O–H groups in total. The number of nitrogens with one attached hydrogen (secondary N) is 1. The molecule has 120 valence electrons. The summed E-state index contributed by atoms with van der Waals surface area (Å²) in [5.41, 5.74) is 0.448. The molecule has 0 spiro atoms. The van der Waals surface area contributed by atoms with Crippen LogP contribution in [0.3, 0.4) is 0 Å². The lowest BCUT2D eigenvalue weighted by molar-refractivity contribution is 0.0792. The van der Waals surface area contributed by atoms with Crippen molar-refractivity contribution in [2.75, 3.05) is 48.5 Å². The van der Waals surface area contributed by atoms with Gasteiger partial charge in [0.15, 0.2) is 11.5 Å². The number of likely N-dealkylation sites (N-methyl/N-ethyl adjacent to an activating group) is 2. The third-order valence-corrected chi connectivity index (χ3v) is 2.98. The Labute approximate surface area is 131 Å². The maximum absolute atomic E-state index is 12.4. The van der Waals surface area contributed by atoms with Crippen LogP contribution in [0.2, 0.25) is 0 Å². The number of ether oxygens (including phenoxy) is 3. The molecule has 0 radical (unpaired) electrons. The van der Waals surface area contributed by atoms with Gasteiger partial charge in [-0.25, -0.2) is 0 Å². The van der Waals surface area contributed by atoms with Crippen molar-refractivity contribution in [3.05, 3.63) is 17.7 Å². The minimum atomic E-state index is -0.127. The first-order valence-corrected chi connectivity index (χ1v) is 6.29. The van der Waals surface area contributed by atoms with Crippen molar-refractivity contribution in [2.24, 2.45) is 0 Å². The van der Waals surface area contributed by atoms with E-state index in [9.17, 15) is 4.79 Å². The fourth-order valence-electron chi connectivity index (χ4n) is 1.86. The highest BCUT2D eigenvalue weighted by molar-refractivity contribution is 5.98. The largest absolute Gasteiger partial charge is 0.493 e. The van der Waals surface area contributed by atoms with Gasteiger partial charge in [0.25, 0.3) is 5.91 Å². The van der Waals surface area contributed by atoms with Gasteiger partial charge in [-0.2, -0.15) is 0 Å². The number of amides is 1. The molecule has 0 aliphatic rings. The quantitative estimate of drug-likeness (QED) is 0.824. The van der Waals surface area contributed by atoms with Crippen LogP contribution >= 0.6 is 12.4 Å². The van der Waals surface area contributed by atoms with Crippen LogP contribution < -0.4 is 19.5 Å². The lowest BCUT2D eigenvalue weighted by atomic mass is 10.1. The van der Waals surface area contributed by atoms with E-state index in [0.29, 0.717) is 29.4 Å². The molecular formula is C14H23ClN2O4. The second-order valence-corrected chi connectivity index (χ2v) is 4.21. The minimum absolute atomic E-state index is 0. The Hall–Kier alpha value is -1.66. The molecule has 21 heavy (non-hydrogen) atoms. The standard InChI is InChI=1S/C14H22N2O4.ClH/c1-15-8-9-16(2)14(17)10-6-7-11(18-3)13(20-5)12(10)19-4;/h6-7,15H,8-9H2,1-5H3;1H. The Morgan fingerprint density at radius 3 is 2.24 bits per heavy atom. The third kappa shape index (κ3) is 4.41. The first-order chi connectivity index (χ1) is 9.60. The molecule has 0 aromatic heterocycles. The molecular weight excluding hydrogens is 296 g/mol. The summed E-state index contributed by atoms with van der Waals surface area (Å²) in [6.07, 6.45) is 0. The molecule has 0 bridgehead atoms. The fourth-order valence-corrected chi connectivity index (χ4v) is 1.86. The van der Waals surface area contributed by atoms with Gasteiger partial charge in [-0.05, 0) is 19.2 Å². The Kier molecular flexibility index (Phi) is 8.57. The smallest absolute Gasteiger partial charge is 0.257 e. The Bertz CT molecular complexity index is 469. The first-order valence-electron chi connectivity index (χ1n) is 6.29. The molecule has 7 heteroatoms. The second-order valence-electron chi connectivity index (χ2n) is 4.21. The van der Waals surface area contributed by atoms with Crippen LogP contribution in [0.5, 0.6) is 17.2 Å². The predicted molar refractivity (Wildman–Crippen MR) is 84.2 cm³/mol. The lowest BCUT2D eigenvalue weighted by Gasteiger charge is -2.20. The molecule has 0 aliphatic carbocycles. The topological polar surface area (TPSA) is 60.0 Å². The summed E-state index contributed by atoms with van der Waals surface area (Å²) < 4.78 is 15.8. The molecule has 0 unspecified atom stereocenters. The monoisotopic (exact) mass is 318 g/mol. The van der Waals surface area contributed by atoms with E-state index in [1.807, 2.05) is 7.05 Å². The molecule has 0 heterocycles. The van der Waals surface area contributed by atoms with Crippen molar-refractivity contribution in [1.29, 1.82) is 0 Å². The molecule has 0 atom stereocenters. The van der Waals surface area contributed by atoms with Crippen LogP contribution in [0.1, 0.15) is 10.4 Å². The van der Waals surface area contributed by atoms with Gasteiger partial charge in [0, 0.05) is 20.1 Å². The zero-order valence-electron chi connectivity index (χ0n) is 13.1. The Balaban J connectivity index is 0.00000400. The SMILES string of the molecule is CNCCN(C)C(=O)c1ccc(OC)c(OC)c1OC.Cl. The average Bonchev–Trinajstić information content (AvgIpc) is 2.49. The van der Waals surface area contributed by atoms with Crippen molar-refractivity contribution in [1.82, 2.24) is 10.2 Å². The predicted octanol–water partition coefficient (Wildman–Crippen LogP) is 1.43. The van der Waals surface area contributed by atoms with E-state index in [1.165, 1.54) is 21.3 Å². The van der Waals surface area contributed by atoms with Crippen molar-refractivity contribution < 1.29 is 19.0 Å². The Morgan fingerprint density at radius 1 is 1.14 bits per heavy atom. The zero-order valence-corrected chi connectivity index (χ0v) is 13.9. The summed E-state index contributed by atoms with van der Waals surface area (Å²) in [5.74, 6) is 1.20. The number of hydrogen-bond donors (Lipinski definition) is 1. The summed E-state index contributed by atoms with van der Waals surface area (Å²) in [5, 5.41) is 3.00. The highest BCUT2D eigenvalue weighted by Gasteiger charge is 2.22. The van der Waals surface area contributed by atoms with E-state index in [4.69, 9.17) is 14.2 Å². The zero-order chi connectivity index (χ0) is 15.1. The number of halogens is 1. The van der Waals surface area contributed by atoms with Gasteiger partial charge in [0.2, 0.25) is 5.75 Å². The lowest BCUT2D eigenvalue weighted by Crippen LogP contribution is -2.33. The average molecular weight is 319 g/mol. The van der Waals surface area contributed by atoms with Crippen molar-refractivity contribution in [2.45, 2.75) is 0 Å².